The third kappa shape index (κ3) is 4.43. The summed E-state index contributed by atoms with van der Waals surface area (Å²) in [5.74, 6) is -1.86. The summed E-state index contributed by atoms with van der Waals surface area (Å²) >= 11 is 9.43. The zero-order chi connectivity index (χ0) is 24.9. The summed E-state index contributed by atoms with van der Waals surface area (Å²) in [6, 6.07) is 10.8. The van der Waals surface area contributed by atoms with Crippen LogP contribution in [0.4, 0.5) is 10.1 Å². The number of piperidine rings is 1. The van der Waals surface area contributed by atoms with Crippen LogP contribution in [-0.4, -0.2) is 44.5 Å². The van der Waals surface area contributed by atoms with Crippen molar-refractivity contribution in [3.63, 3.8) is 0 Å². The zero-order valence-electron chi connectivity index (χ0n) is 18.2. The van der Waals surface area contributed by atoms with Gasteiger partial charge in [-0.3, -0.25) is 19.1 Å². The van der Waals surface area contributed by atoms with Gasteiger partial charge in [-0.25, -0.2) is 4.39 Å². The standard InChI is InChI=1S/C24H20BrClFN5O3/c25-15-10-31(30-22(15)23(28)34)11-20(33)32-18-8-12(18)9-19(32)24(35)29-17-7-3-5-14(21(17)27)13-4-1-2-6-16(13)26/h1-7,10,12,18-19H,8-9,11H2,(H2,28,34)(H,29,35)/t12-,18?,19+/m1/s1. The first-order valence-electron chi connectivity index (χ1n) is 10.9. The van der Waals surface area contributed by atoms with E-state index in [0.29, 0.717) is 21.5 Å². The minimum Gasteiger partial charge on any atom is -0.364 e. The number of halogens is 3. The van der Waals surface area contributed by atoms with Crippen molar-refractivity contribution >= 4 is 50.9 Å². The van der Waals surface area contributed by atoms with Crippen LogP contribution in [0.2, 0.25) is 5.02 Å². The molecule has 1 aromatic heterocycles. The van der Waals surface area contributed by atoms with Gasteiger partial charge in [-0.2, -0.15) is 5.10 Å². The van der Waals surface area contributed by atoms with Gasteiger partial charge in [-0.05, 0) is 46.8 Å². The van der Waals surface area contributed by atoms with Crippen LogP contribution in [0.5, 0.6) is 0 Å². The number of likely N-dealkylation sites (tertiary alicyclic amines) is 1. The predicted octanol–water partition coefficient (Wildman–Crippen LogP) is 3.83. The van der Waals surface area contributed by atoms with Crippen LogP contribution in [0.15, 0.2) is 53.1 Å². The number of nitrogens with one attached hydrogen (secondary N) is 1. The predicted molar refractivity (Wildman–Crippen MR) is 131 cm³/mol. The Morgan fingerprint density at radius 3 is 2.60 bits per heavy atom. The molecule has 8 nitrogen and oxygen atoms in total. The molecule has 5 rings (SSSR count). The Bertz CT molecular complexity index is 1360. The maximum atomic E-state index is 15.3. The molecule has 3 atom stereocenters. The summed E-state index contributed by atoms with van der Waals surface area (Å²) in [5.41, 5.74) is 6.10. The number of aromatic nitrogens is 2. The first-order valence-corrected chi connectivity index (χ1v) is 12.1. The fourth-order valence-electron chi connectivity index (χ4n) is 4.65. The molecule has 2 aliphatic rings. The number of anilines is 1. The largest absolute Gasteiger partial charge is 0.364 e. The number of carbonyl (C=O) groups is 3. The number of carbonyl (C=O) groups excluding carboxylic acids is 3. The van der Waals surface area contributed by atoms with Crippen molar-refractivity contribution in [1.82, 2.24) is 14.7 Å². The number of fused-ring (bicyclic) bond motifs is 1. The van der Waals surface area contributed by atoms with Crippen molar-refractivity contribution in [2.45, 2.75) is 31.5 Å². The quantitative estimate of drug-likeness (QED) is 0.477. The van der Waals surface area contributed by atoms with Crippen molar-refractivity contribution in [3.8, 4) is 11.1 Å². The van der Waals surface area contributed by atoms with E-state index in [4.69, 9.17) is 17.3 Å². The molecule has 2 heterocycles. The summed E-state index contributed by atoms with van der Waals surface area (Å²) in [5, 5.41) is 7.09. The lowest BCUT2D eigenvalue weighted by atomic mass is 10.0. The lowest BCUT2D eigenvalue weighted by Crippen LogP contribution is -2.46. The number of primary amides is 1. The summed E-state index contributed by atoms with van der Waals surface area (Å²) in [7, 11) is 0. The average Bonchev–Trinajstić information content (AvgIpc) is 3.31. The lowest BCUT2D eigenvalue weighted by molar-refractivity contribution is -0.138. The molecule has 0 radical (unpaired) electrons. The van der Waals surface area contributed by atoms with Gasteiger partial charge >= 0.3 is 0 Å². The molecular weight excluding hydrogens is 541 g/mol. The van der Waals surface area contributed by atoms with E-state index in [0.717, 1.165) is 6.42 Å². The molecule has 0 spiro atoms. The number of rotatable bonds is 6. The molecule has 1 unspecified atom stereocenters. The van der Waals surface area contributed by atoms with Gasteiger partial charge in [0.25, 0.3) is 5.91 Å². The van der Waals surface area contributed by atoms with Crippen LogP contribution in [0.1, 0.15) is 23.3 Å². The second kappa shape index (κ2) is 9.09. The van der Waals surface area contributed by atoms with Crippen LogP contribution in [-0.2, 0) is 16.1 Å². The number of nitrogens with two attached hydrogens (primary N) is 1. The maximum absolute atomic E-state index is 15.3. The highest BCUT2D eigenvalue weighted by molar-refractivity contribution is 9.10. The van der Waals surface area contributed by atoms with Crippen LogP contribution in [0, 0.1) is 11.7 Å². The first kappa shape index (κ1) is 23.5. The van der Waals surface area contributed by atoms with E-state index >= 15 is 4.39 Å². The average molecular weight is 561 g/mol. The zero-order valence-corrected chi connectivity index (χ0v) is 20.6. The third-order valence-electron chi connectivity index (χ3n) is 6.36. The van der Waals surface area contributed by atoms with Crippen molar-refractivity contribution in [3.05, 3.63) is 69.7 Å². The third-order valence-corrected chi connectivity index (χ3v) is 7.27. The lowest BCUT2D eigenvalue weighted by Gasteiger charge is -2.27. The molecule has 2 aromatic carbocycles. The molecule has 1 saturated carbocycles. The summed E-state index contributed by atoms with van der Waals surface area (Å²) < 4.78 is 17.0. The van der Waals surface area contributed by atoms with Crippen LogP contribution in [0.3, 0.4) is 0 Å². The molecule has 11 heteroatoms. The number of hydrogen-bond acceptors (Lipinski definition) is 4. The van der Waals surface area contributed by atoms with Crippen LogP contribution in [0.25, 0.3) is 11.1 Å². The molecule has 3 aromatic rings. The van der Waals surface area contributed by atoms with Gasteiger partial charge in [0, 0.05) is 28.4 Å². The Labute approximate surface area is 213 Å². The smallest absolute Gasteiger partial charge is 0.270 e. The Morgan fingerprint density at radius 1 is 1.14 bits per heavy atom. The van der Waals surface area contributed by atoms with Crippen LogP contribution >= 0.6 is 27.5 Å². The molecule has 1 aliphatic heterocycles. The highest BCUT2D eigenvalue weighted by Crippen LogP contribution is 2.48. The van der Waals surface area contributed by atoms with Gasteiger partial charge in [0.2, 0.25) is 11.8 Å². The number of hydrogen-bond donors (Lipinski definition) is 2. The molecule has 0 bridgehead atoms. The van der Waals surface area contributed by atoms with Crippen LogP contribution < -0.4 is 11.1 Å². The monoisotopic (exact) mass is 559 g/mol. The highest BCUT2D eigenvalue weighted by atomic mass is 79.9. The molecule has 3 amide bonds. The number of benzene rings is 2. The normalized spacial score (nSPS) is 20.4. The van der Waals surface area contributed by atoms with Crippen molar-refractivity contribution in [2.75, 3.05) is 5.32 Å². The van der Waals surface area contributed by atoms with Gasteiger partial charge in [0.05, 0.1) is 10.2 Å². The summed E-state index contributed by atoms with van der Waals surface area (Å²) in [6.07, 6.45) is 2.81. The molecule has 3 N–H and O–H groups in total. The second-order valence-electron chi connectivity index (χ2n) is 8.64. The molecular formula is C24H20BrClFN5O3. The summed E-state index contributed by atoms with van der Waals surface area (Å²) in [6.45, 7) is -0.158. The van der Waals surface area contributed by atoms with Crippen molar-refractivity contribution < 1.29 is 18.8 Å². The van der Waals surface area contributed by atoms with Gasteiger partial charge in [-0.15, -0.1) is 0 Å². The van der Waals surface area contributed by atoms with Crippen molar-refractivity contribution in [2.24, 2.45) is 11.7 Å². The molecule has 180 valence electrons. The highest BCUT2D eigenvalue weighted by Gasteiger charge is 2.56. The summed E-state index contributed by atoms with van der Waals surface area (Å²) in [4.78, 5) is 39.3. The topological polar surface area (TPSA) is 110 Å². The Morgan fingerprint density at radius 2 is 1.89 bits per heavy atom. The Kier molecular flexibility index (Phi) is 6.10. The van der Waals surface area contributed by atoms with E-state index < -0.39 is 23.7 Å². The second-order valence-corrected chi connectivity index (χ2v) is 9.90. The van der Waals surface area contributed by atoms with Gasteiger partial charge < -0.3 is 16.0 Å². The minimum atomic E-state index is -0.732. The molecule has 1 saturated heterocycles. The molecule has 2 fully saturated rings. The van der Waals surface area contributed by atoms with E-state index in [2.05, 4.69) is 26.3 Å². The molecule has 1 aliphatic carbocycles. The SMILES string of the molecule is NC(=O)c1nn(CC(=O)N2C3C[C@@H]3C[C@H]2C(=O)Nc2cccc(-c3ccccc3Cl)c2F)cc1Br. The number of amides is 3. The van der Waals surface area contributed by atoms with Gasteiger partial charge in [-0.1, -0.05) is 41.9 Å². The Hall–Kier alpha value is -3.24. The minimum absolute atomic E-state index is 0.0162. The van der Waals surface area contributed by atoms with Crippen molar-refractivity contribution in [1.29, 1.82) is 0 Å². The van der Waals surface area contributed by atoms with E-state index in [1.807, 2.05) is 0 Å². The van der Waals surface area contributed by atoms with E-state index in [-0.39, 0.29) is 41.4 Å². The van der Waals surface area contributed by atoms with E-state index in [1.54, 1.807) is 41.3 Å². The number of nitrogens with zero attached hydrogens (tertiary/aromatic N) is 3. The maximum Gasteiger partial charge on any atom is 0.270 e. The molecule has 35 heavy (non-hydrogen) atoms. The van der Waals surface area contributed by atoms with Gasteiger partial charge in [0.1, 0.15) is 12.6 Å². The first-order chi connectivity index (χ1) is 16.7. The fraction of sp³-hybridized carbons (Fsp3) is 0.250. The Balaban J connectivity index is 1.34. The van der Waals surface area contributed by atoms with E-state index in [9.17, 15) is 14.4 Å². The van der Waals surface area contributed by atoms with Gasteiger partial charge in [0.15, 0.2) is 11.5 Å². The fourth-order valence-corrected chi connectivity index (χ4v) is 5.40. The van der Waals surface area contributed by atoms with E-state index in [1.165, 1.54) is 16.9 Å².